The van der Waals surface area contributed by atoms with Crippen molar-refractivity contribution in [2.75, 3.05) is 4.90 Å². The predicted molar refractivity (Wildman–Crippen MR) is 226 cm³/mol. The Balaban J connectivity index is 1.24. The highest BCUT2D eigenvalue weighted by Gasteiger charge is 2.46. The summed E-state index contributed by atoms with van der Waals surface area (Å²) in [6, 6.07) is 61.6. The Labute approximate surface area is 310 Å². The summed E-state index contributed by atoms with van der Waals surface area (Å²) >= 11 is 0. The van der Waals surface area contributed by atoms with Gasteiger partial charge in [-0.25, -0.2) is 0 Å². The first-order chi connectivity index (χ1) is 25.8. The van der Waals surface area contributed by atoms with Crippen molar-refractivity contribution >= 4 is 60.2 Å². The molecule has 0 aliphatic carbocycles. The van der Waals surface area contributed by atoms with Gasteiger partial charge in [0.1, 0.15) is 0 Å². The van der Waals surface area contributed by atoms with E-state index in [4.69, 9.17) is 0 Å². The molecule has 252 valence electrons. The van der Waals surface area contributed by atoms with Gasteiger partial charge in [-0.05, 0) is 130 Å². The second-order valence-corrected chi connectivity index (χ2v) is 16.1. The summed E-state index contributed by atoms with van der Waals surface area (Å²) in [4.78, 5) is 2.59. The summed E-state index contributed by atoms with van der Waals surface area (Å²) < 4.78 is 0. The van der Waals surface area contributed by atoms with Crippen molar-refractivity contribution in [2.24, 2.45) is 0 Å². The molecule has 0 N–H and O–H groups in total. The van der Waals surface area contributed by atoms with Crippen molar-refractivity contribution in [2.45, 2.75) is 38.5 Å². The lowest BCUT2D eigenvalue weighted by Gasteiger charge is -2.50. The van der Waals surface area contributed by atoms with E-state index in [9.17, 15) is 0 Å². The Bertz CT molecular complexity index is 2910. The van der Waals surface area contributed by atoms with Gasteiger partial charge in [-0.1, -0.05) is 149 Å². The van der Waals surface area contributed by atoms with E-state index in [0.717, 1.165) is 0 Å². The Kier molecular flexibility index (Phi) is 6.14. The maximum absolute atomic E-state index is 2.59. The number of hydrogen-bond donors (Lipinski definition) is 0. The van der Waals surface area contributed by atoms with Crippen LogP contribution in [0.1, 0.15) is 49.9 Å². The number of anilines is 3. The first-order valence-corrected chi connectivity index (χ1v) is 18.9. The molecule has 9 aromatic carbocycles. The van der Waals surface area contributed by atoms with Gasteiger partial charge in [0.05, 0.1) is 17.1 Å². The van der Waals surface area contributed by atoms with Gasteiger partial charge in [-0.2, -0.15) is 0 Å². The van der Waals surface area contributed by atoms with Crippen LogP contribution in [0.5, 0.6) is 0 Å². The number of nitrogens with zero attached hydrogens (tertiary/aromatic N) is 1. The van der Waals surface area contributed by atoms with Gasteiger partial charge in [-0.3, -0.25) is 0 Å². The van der Waals surface area contributed by atoms with Crippen LogP contribution in [0.15, 0.2) is 164 Å². The normalized spacial score (nSPS) is 15.1. The minimum absolute atomic E-state index is 0.205. The molecule has 0 fully saturated rings. The van der Waals surface area contributed by atoms with E-state index in [1.54, 1.807) is 0 Å². The maximum atomic E-state index is 2.59. The van der Waals surface area contributed by atoms with Crippen LogP contribution < -0.4 is 4.90 Å². The minimum Gasteiger partial charge on any atom is -0.309 e. The lowest BCUT2D eigenvalue weighted by Crippen LogP contribution is -2.38. The molecule has 9 aromatic rings. The Morgan fingerprint density at radius 1 is 0.340 bits per heavy atom. The first-order valence-electron chi connectivity index (χ1n) is 18.9. The zero-order valence-electron chi connectivity index (χ0n) is 30.5. The van der Waals surface area contributed by atoms with E-state index in [2.05, 4.69) is 196 Å². The van der Waals surface area contributed by atoms with Gasteiger partial charge in [0.25, 0.3) is 0 Å². The summed E-state index contributed by atoms with van der Waals surface area (Å²) in [5, 5.41) is 10.3. The van der Waals surface area contributed by atoms with Gasteiger partial charge in [0.2, 0.25) is 0 Å². The molecule has 0 aromatic heterocycles. The van der Waals surface area contributed by atoms with E-state index in [1.165, 1.54) is 105 Å². The van der Waals surface area contributed by atoms with E-state index in [0.29, 0.717) is 0 Å². The third-order valence-corrected chi connectivity index (χ3v) is 12.5. The van der Waals surface area contributed by atoms with E-state index < -0.39 is 0 Å². The van der Waals surface area contributed by atoms with Crippen LogP contribution in [-0.4, -0.2) is 0 Å². The van der Waals surface area contributed by atoms with Gasteiger partial charge in [0, 0.05) is 10.8 Å². The van der Waals surface area contributed by atoms with Crippen LogP contribution in [0, 0.1) is 0 Å². The molecule has 2 aliphatic heterocycles. The first kappa shape index (κ1) is 30.4. The van der Waals surface area contributed by atoms with Crippen LogP contribution in [0.3, 0.4) is 0 Å². The standard InChI is InChI=1S/C52H39N/c1-51(2)42-23-13-14-24-46(42)53-47-26-25-36(48-38-19-9-5-15-32(38)27-33-16-6-10-20-39(33)48)29-43(47)52(3,4)45-31-37(30-44(51)50(45)53)49-40-21-11-7-17-34(40)28-35-18-8-12-22-41(35)49/h5-31H,1-4H3. The molecule has 0 radical (unpaired) electrons. The Hall–Kier alpha value is -6.18. The molecule has 53 heavy (non-hydrogen) atoms. The molecule has 0 bridgehead atoms. The van der Waals surface area contributed by atoms with Crippen molar-refractivity contribution in [3.8, 4) is 22.3 Å². The molecule has 1 heteroatoms. The molecular weight excluding hydrogens is 639 g/mol. The summed E-state index contributed by atoms with van der Waals surface area (Å²) in [6.07, 6.45) is 0. The fourth-order valence-corrected chi connectivity index (χ4v) is 9.87. The zero-order chi connectivity index (χ0) is 35.6. The molecule has 0 amide bonds. The van der Waals surface area contributed by atoms with Gasteiger partial charge in [-0.15, -0.1) is 0 Å². The summed E-state index contributed by atoms with van der Waals surface area (Å²) in [5.41, 5.74) is 14.0. The highest BCUT2D eigenvalue weighted by atomic mass is 15.2. The predicted octanol–water partition coefficient (Wildman–Crippen LogP) is 14.4. The molecular formula is C52H39N. The number of hydrogen-bond acceptors (Lipinski definition) is 1. The SMILES string of the molecule is CC1(C)c2ccccc2N2c3ccc(-c4c5ccccc5cc5ccccc45)cc3C(C)(C)c3cc(-c4c5ccccc5cc5ccccc45)cc1c32. The van der Waals surface area contributed by atoms with Gasteiger partial charge in [0.15, 0.2) is 0 Å². The third-order valence-electron chi connectivity index (χ3n) is 12.5. The lowest BCUT2D eigenvalue weighted by atomic mass is 9.65. The smallest absolute Gasteiger partial charge is 0.0544 e. The van der Waals surface area contributed by atoms with E-state index >= 15 is 0 Å². The maximum Gasteiger partial charge on any atom is 0.0544 e. The average molecular weight is 678 g/mol. The fourth-order valence-electron chi connectivity index (χ4n) is 9.87. The summed E-state index contributed by atoms with van der Waals surface area (Å²) in [5.74, 6) is 0. The van der Waals surface area contributed by atoms with Gasteiger partial charge < -0.3 is 4.90 Å². The zero-order valence-corrected chi connectivity index (χ0v) is 30.5. The molecule has 11 rings (SSSR count). The topological polar surface area (TPSA) is 3.24 Å². The summed E-state index contributed by atoms with van der Waals surface area (Å²) in [6.45, 7) is 9.73. The fraction of sp³-hybridized carbons (Fsp3) is 0.115. The van der Waals surface area contributed by atoms with Gasteiger partial charge >= 0.3 is 0 Å². The number of fused-ring (bicyclic) bond motifs is 8. The van der Waals surface area contributed by atoms with Crippen LogP contribution in [0.4, 0.5) is 17.1 Å². The monoisotopic (exact) mass is 677 g/mol. The van der Waals surface area contributed by atoms with Crippen molar-refractivity contribution in [3.63, 3.8) is 0 Å². The van der Waals surface area contributed by atoms with Crippen molar-refractivity contribution in [1.82, 2.24) is 0 Å². The van der Waals surface area contributed by atoms with Crippen LogP contribution >= 0.6 is 0 Å². The Morgan fingerprint density at radius 3 is 1.26 bits per heavy atom. The summed E-state index contributed by atoms with van der Waals surface area (Å²) in [7, 11) is 0. The van der Waals surface area contributed by atoms with Crippen LogP contribution in [0.25, 0.3) is 65.3 Å². The highest BCUT2D eigenvalue weighted by molar-refractivity contribution is 6.14. The molecule has 0 saturated heterocycles. The number of para-hydroxylation sites is 1. The highest BCUT2D eigenvalue weighted by Crippen LogP contribution is 2.61. The molecule has 2 aliphatic rings. The Morgan fingerprint density at radius 2 is 0.736 bits per heavy atom. The van der Waals surface area contributed by atoms with Crippen molar-refractivity contribution in [3.05, 3.63) is 186 Å². The molecule has 0 saturated carbocycles. The molecule has 0 atom stereocenters. The van der Waals surface area contributed by atoms with Crippen LogP contribution in [0.2, 0.25) is 0 Å². The quantitative estimate of drug-likeness (QED) is 0.165. The second kappa shape index (κ2) is 10.7. The molecule has 0 spiro atoms. The second-order valence-electron chi connectivity index (χ2n) is 16.1. The lowest BCUT2D eigenvalue weighted by molar-refractivity contribution is 0.598. The largest absolute Gasteiger partial charge is 0.309 e. The van der Waals surface area contributed by atoms with E-state index in [-0.39, 0.29) is 10.8 Å². The van der Waals surface area contributed by atoms with Crippen molar-refractivity contribution < 1.29 is 0 Å². The molecule has 0 unspecified atom stereocenters. The minimum atomic E-state index is -0.287. The average Bonchev–Trinajstić information content (AvgIpc) is 3.18. The van der Waals surface area contributed by atoms with Crippen LogP contribution in [-0.2, 0) is 10.8 Å². The third kappa shape index (κ3) is 4.14. The number of rotatable bonds is 2. The molecule has 2 heterocycles. The molecule has 1 nitrogen and oxygen atoms in total. The number of benzene rings is 9. The van der Waals surface area contributed by atoms with E-state index in [1.807, 2.05) is 0 Å². The van der Waals surface area contributed by atoms with Crippen molar-refractivity contribution in [1.29, 1.82) is 0 Å².